The molecule has 0 unspecified atom stereocenters. The summed E-state index contributed by atoms with van der Waals surface area (Å²) in [6, 6.07) is 5.71. The van der Waals surface area contributed by atoms with Gasteiger partial charge in [0.05, 0.1) is 13.0 Å². The molecular weight excluding hydrogens is 202 g/mol. The van der Waals surface area contributed by atoms with E-state index in [9.17, 15) is 4.79 Å². The zero-order valence-electron chi connectivity index (χ0n) is 9.53. The molecule has 1 aliphatic rings. The van der Waals surface area contributed by atoms with E-state index >= 15 is 0 Å². The van der Waals surface area contributed by atoms with Gasteiger partial charge in [0.15, 0.2) is 0 Å². The molecule has 3 nitrogen and oxygen atoms in total. The zero-order valence-corrected chi connectivity index (χ0v) is 9.53. The van der Waals surface area contributed by atoms with Crippen LogP contribution in [-0.2, 0) is 16.0 Å². The van der Waals surface area contributed by atoms with Gasteiger partial charge in [0.25, 0.3) is 0 Å². The van der Waals surface area contributed by atoms with Crippen LogP contribution < -0.4 is 5.73 Å². The van der Waals surface area contributed by atoms with Crippen molar-refractivity contribution in [3.8, 4) is 0 Å². The highest BCUT2D eigenvalue weighted by atomic mass is 16.5. The largest absolute Gasteiger partial charge is 0.465 e. The second kappa shape index (κ2) is 4.56. The second-order valence-electron chi connectivity index (χ2n) is 4.51. The maximum absolute atomic E-state index is 11.5. The fraction of sp³-hybridized carbons (Fsp3) is 0.462. The van der Waals surface area contributed by atoms with Gasteiger partial charge in [-0.25, -0.2) is 0 Å². The topological polar surface area (TPSA) is 52.3 Å². The number of benzene rings is 1. The molecule has 0 aromatic heterocycles. The highest BCUT2D eigenvalue weighted by molar-refractivity contribution is 5.75. The lowest BCUT2D eigenvalue weighted by Gasteiger charge is -2.07. The Hall–Kier alpha value is -1.51. The Morgan fingerprint density at radius 1 is 1.50 bits per heavy atom. The van der Waals surface area contributed by atoms with Crippen molar-refractivity contribution in [3.05, 3.63) is 29.3 Å². The summed E-state index contributed by atoms with van der Waals surface area (Å²) in [6.07, 6.45) is 2.67. The highest BCUT2D eigenvalue weighted by Crippen LogP contribution is 2.29. The number of carbonyl (C=O) groups is 1. The van der Waals surface area contributed by atoms with Gasteiger partial charge >= 0.3 is 5.97 Å². The van der Waals surface area contributed by atoms with Gasteiger partial charge in [-0.2, -0.15) is 0 Å². The number of nitrogens with two attached hydrogens (primary N) is 1. The van der Waals surface area contributed by atoms with Gasteiger partial charge in [0.2, 0.25) is 0 Å². The molecular formula is C13H17NO2. The third-order valence-electron chi connectivity index (χ3n) is 2.81. The molecule has 0 saturated heterocycles. The molecule has 2 rings (SSSR count). The molecule has 1 aliphatic carbocycles. The van der Waals surface area contributed by atoms with Gasteiger partial charge in [-0.3, -0.25) is 4.79 Å². The minimum atomic E-state index is -0.177. The summed E-state index contributed by atoms with van der Waals surface area (Å²) < 4.78 is 5.17. The first-order chi connectivity index (χ1) is 7.65. The van der Waals surface area contributed by atoms with Crippen LogP contribution in [0.15, 0.2) is 18.2 Å². The van der Waals surface area contributed by atoms with Crippen molar-refractivity contribution >= 4 is 11.7 Å². The lowest BCUT2D eigenvalue weighted by molar-refractivity contribution is -0.143. The van der Waals surface area contributed by atoms with Crippen LogP contribution in [0.2, 0.25) is 0 Å². The summed E-state index contributed by atoms with van der Waals surface area (Å²) in [4.78, 5) is 11.5. The monoisotopic (exact) mass is 219 g/mol. The lowest BCUT2D eigenvalue weighted by Crippen LogP contribution is -2.11. The van der Waals surface area contributed by atoms with Crippen LogP contribution in [0.3, 0.4) is 0 Å². The van der Waals surface area contributed by atoms with Crippen LogP contribution in [0, 0.1) is 12.8 Å². The van der Waals surface area contributed by atoms with Gasteiger partial charge in [-0.1, -0.05) is 17.7 Å². The van der Waals surface area contributed by atoms with Crippen LogP contribution in [0.4, 0.5) is 5.69 Å². The average Bonchev–Trinajstić information content (AvgIpc) is 3.04. The van der Waals surface area contributed by atoms with E-state index < -0.39 is 0 Å². The molecule has 2 N–H and O–H groups in total. The number of aryl methyl sites for hydroxylation is 1. The van der Waals surface area contributed by atoms with Crippen molar-refractivity contribution in [1.29, 1.82) is 0 Å². The fourth-order valence-corrected chi connectivity index (χ4v) is 1.59. The molecule has 0 aliphatic heterocycles. The van der Waals surface area contributed by atoms with Crippen LogP contribution in [-0.4, -0.2) is 12.6 Å². The van der Waals surface area contributed by atoms with Crippen LogP contribution in [0.1, 0.15) is 24.0 Å². The first-order valence-corrected chi connectivity index (χ1v) is 5.66. The Labute approximate surface area is 95.6 Å². The lowest BCUT2D eigenvalue weighted by atomic mass is 10.1. The normalized spacial score (nSPS) is 14.8. The van der Waals surface area contributed by atoms with Crippen LogP contribution in [0.5, 0.6) is 0 Å². The number of carbonyl (C=O) groups excluding carboxylic acids is 1. The standard InChI is InChI=1S/C13H17NO2/c1-9-2-5-12(14)11(6-9)7-13(15)16-8-10-3-4-10/h2,5-6,10H,3-4,7-8,14H2,1H3. The Morgan fingerprint density at radius 2 is 2.25 bits per heavy atom. The summed E-state index contributed by atoms with van der Waals surface area (Å²) in [5, 5.41) is 0. The molecule has 1 fully saturated rings. The number of ether oxygens (including phenoxy) is 1. The van der Waals surface area contributed by atoms with E-state index in [2.05, 4.69) is 0 Å². The van der Waals surface area contributed by atoms with Gasteiger partial charge in [0.1, 0.15) is 0 Å². The zero-order chi connectivity index (χ0) is 11.5. The van der Waals surface area contributed by atoms with E-state index in [1.54, 1.807) is 0 Å². The predicted molar refractivity (Wildman–Crippen MR) is 63.0 cm³/mol. The molecule has 0 radical (unpaired) electrons. The maximum Gasteiger partial charge on any atom is 0.310 e. The van der Waals surface area contributed by atoms with Crippen LogP contribution in [0.25, 0.3) is 0 Å². The van der Waals surface area contributed by atoms with E-state index in [1.807, 2.05) is 25.1 Å². The highest BCUT2D eigenvalue weighted by Gasteiger charge is 2.23. The van der Waals surface area contributed by atoms with E-state index in [0.717, 1.165) is 11.1 Å². The molecule has 1 aromatic rings. The quantitative estimate of drug-likeness (QED) is 0.623. The van der Waals surface area contributed by atoms with E-state index in [1.165, 1.54) is 12.8 Å². The minimum Gasteiger partial charge on any atom is -0.465 e. The SMILES string of the molecule is Cc1ccc(N)c(CC(=O)OCC2CC2)c1. The minimum absolute atomic E-state index is 0.177. The molecule has 0 amide bonds. The summed E-state index contributed by atoms with van der Waals surface area (Å²) in [7, 11) is 0. The van der Waals surface area contributed by atoms with Gasteiger partial charge in [0, 0.05) is 5.69 Å². The smallest absolute Gasteiger partial charge is 0.310 e. The van der Waals surface area contributed by atoms with Crippen molar-refractivity contribution < 1.29 is 9.53 Å². The number of rotatable bonds is 4. The van der Waals surface area contributed by atoms with Gasteiger partial charge < -0.3 is 10.5 Å². The molecule has 3 heteroatoms. The number of nitrogen functional groups attached to an aromatic ring is 1. The Balaban J connectivity index is 1.91. The third-order valence-corrected chi connectivity index (χ3v) is 2.81. The molecule has 0 spiro atoms. The Kier molecular flexibility index (Phi) is 3.13. The average molecular weight is 219 g/mol. The number of anilines is 1. The molecule has 0 atom stereocenters. The predicted octanol–water partition coefficient (Wildman–Crippen LogP) is 2.07. The second-order valence-corrected chi connectivity index (χ2v) is 4.51. The van der Waals surface area contributed by atoms with Crippen molar-refractivity contribution in [3.63, 3.8) is 0 Å². The van der Waals surface area contributed by atoms with E-state index in [4.69, 9.17) is 10.5 Å². The maximum atomic E-state index is 11.5. The van der Waals surface area contributed by atoms with Crippen molar-refractivity contribution in [2.75, 3.05) is 12.3 Å². The molecule has 1 saturated carbocycles. The Morgan fingerprint density at radius 3 is 2.94 bits per heavy atom. The molecule has 86 valence electrons. The van der Waals surface area contributed by atoms with Gasteiger partial charge in [-0.05, 0) is 37.3 Å². The molecule has 1 aromatic carbocycles. The van der Waals surface area contributed by atoms with Crippen molar-refractivity contribution in [2.24, 2.45) is 5.92 Å². The summed E-state index contributed by atoms with van der Waals surface area (Å²) in [5.74, 6) is 0.433. The third kappa shape index (κ3) is 2.99. The summed E-state index contributed by atoms with van der Waals surface area (Å²) >= 11 is 0. The van der Waals surface area contributed by atoms with E-state index in [0.29, 0.717) is 18.2 Å². The van der Waals surface area contributed by atoms with Crippen molar-refractivity contribution in [2.45, 2.75) is 26.2 Å². The fourth-order valence-electron chi connectivity index (χ4n) is 1.59. The number of esters is 1. The van der Waals surface area contributed by atoms with E-state index in [-0.39, 0.29) is 12.4 Å². The Bertz CT molecular complexity index is 397. The first kappa shape index (κ1) is 11.0. The molecule has 16 heavy (non-hydrogen) atoms. The summed E-state index contributed by atoms with van der Waals surface area (Å²) in [5.41, 5.74) is 8.43. The first-order valence-electron chi connectivity index (χ1n) is 5.66. The van der Waals surface area contributed by atoms with Gasteiger partial charge in [-0.15, -0.1) is 0 Å². The summed E-state index contributed by atoms with van der Waals surface area (Å²) in [6.45, 7) is 2.56. The number of hydrogen-bond acceptors (Lipinski definition) is 3. The van der Waals surface area contributed by atoms with Crippen LogP contribution >= 0.6 is 0 Å². The number of hydrogen-bond donors (Lipinski definition) is 1. The molecule has 0 bridgehead atoms. The molecule has 0 heterocycles. The van der Waals surface area contributed by atoms with Crippen molar-refractivity contribution in [1.82, 2.24) is 0 Å².